The molecule has 1 aromatic rings. The van der Waals surface area contributed by atoms with Crippen molar-refractivity contribution in [3.63, 3.8) is 0 Å². The number of carbonyl (C=O) groups excluding carboxylic acids is 1. The first-order valence-corrected chi connectivity index (χ1v) is 3.86. The number of rotatable bonds is 3. The molecule has 1 amide bonds. The fourth-order valence-corrected chi connectivity index (χ4v) is 1.11. The van der Waals surface area contributed by atoms with Crippen molar-refractivity contribution in [1.82, 2.24) is 0 Å². The van der Waals surface area contributed by atoms with Gasteiger partial charge in [0.2, 0.25) is 5.91 Å². The Labute approximate surface area is 75.5 Å². The minimum Gasteiger partial charge on any atom is -0.366 e. The summed E-state index contributed by atoms with van der Waals surface area (Å²) in [5.74, 6) is -0.573. The second-order valence-electron chi connectivity index (χ2n) is 2.69. The van der Waals surface area contributed by atoms with E-state index in [0.717, 1.165) is 0 Å². The maximum atomic E-state index is 12.2. The Hall–Kier alpha value is -1.42. The van der Waals surface area contributed by atoms with Gasteiger partial charge >= 0.3 is 0 Å². The standard InChI is InChI=1S/C9H11FN2O/c10-4-6-1-2-7(5-11)8(3-6)9(12)13/h1-3H,4-5,11H2,(H2,12,13). The van der Waals surface area contributed by atoms with Gasteiger partial charge in [0, 0.05) is 12.1 Å². The topological polar surface area (TPSA) is 69.1 Å². The third kappa shape index (κ3) is 2.03. The molecule has 0 saturated heterocycles. The first-order valence-electron chi connectivity index (χ1n) is 3.86. The van der Waals surface area contributed by atoms with E-state index >= 15 is 0 Å². The van der Waals surface area contributed by atoms with Gasteiger partial charge in [0.05, 0.1) is 0 Å². The molecule has 0 aliphatic heterocycles. The Balaban J connectivity index is 3.18. The van der Waals surface area contributed by atoms with Crippen molar-refractivity contribution in [2.24, 2.45) is 11.5 Å². The molecular weight excluding hydrogens is 171 g/mol. The molecule has 13 heavy (non-hydrogen) atoms. The van der Waals surface area contributed by atoms with E-state index in [9.17, 15) is 9.18 Å². The molecule has 0 atom stereocenters. The van der Waals surface area contributed by atoms with Crippen LogP contribution in [0.2, 0.25) is 0 Å². The number of benzene rings is 1. The van der Waals surface area contributed by atoms with E-state index in [4.69, 9.17) is 11.5 Å². The molecule has 0 aliphatic rings. The lowest BCUT2D eigenvalue weighted by molar-refractivity contribution is 0.0999. The predicted molar refractivity (Wildman–Crippen MR) is 47.7 cm³/mol. The van der Waals surface area contributed by atoms with Crippen LogP contribution >= 0.6 is 0 Å². The molecule has 4 heteroatoms. The summed E-state index contributed by atoms with van der Waals surface area (Å²) in [6.07, 6.45) is 0. The maximum absolute atomic E-state index is 12.2. The molecule has 3 nitrogen and oxygen atoms in total. The zero-order valence-electron chi connectivity index (χ0n) is 7.09. The van der Waals surface area contributed by atoms with Crippen molar-refractivity contribution >= 4 is 5.91 Å². The third-order valence-electron chi connectivity index (χ3n) is 1.81. The van der Waals surface area contributed by atoms with Crippen LogP contribution in [0.1, 0.15) is 21.5 Å². The van der Waals surface area contributed by atoms with Crippen LogP contribution in [-0.4, -0.2) is 5.91 Å². The molecule has 0 bridgehead atoms. The molecule has 4 N–H and O–H groups in total. The lowest BCUT2D eigenvalue weighted by Crippen LogP contribution is -2.15. The zero-order chi connectivity index (χ0) is 9.84. The van der Waals surface area contributed by atoms with E-state index in [1.807, 2.05) is 0 Å². The number of nitrogens with two attached hydrogens (primary N) is 2. The Morgan fingerprint density at radius 1 is 1.46 bits per heavy atom. The van der Waals surface area contributed by atoms with Crippen molar-refractivity contribution in [3.8, 4) is 0 Å². The quantitative estimate of drug-likeness (QED) is 0.722. The van der Waals surface area contributed by atoms with Gasteiger partial charge in [-0.25, -0.2) is 4.39 Å². The summed E-state index contributed by atoms with van der Waals surface area (Å²) in [5, 5.41) is 0. The van der Waals surface area contributed by atoms with Gasteiger partial charge in [-0.15, -0.1) is 0 Å². The van der Waals surface area contributed by atoms with Gasteiger partial charge in [0.25, 0.3) is 0 Å². The smallest absolute Gasteiger partial charge is 0.249 e. The van der Waals surface area contributed by atoms with Crippen molar-refractivity contribution in [3.05, 3.63) is 34.9 Å². The summed E-state index contributed by atoms with van der Waals surface area (Å²) in [4.78, 5) is 10.9. The molecule has 0 fully saturated rings. The van der Waals surface area contributed by atoms with Gasteiger partial charge in [-0.3, -0.25) is 4.79 Å². The lowest BCUT2D eigenvalue weighted by Gasteiger charge is -2.05. The molecule has 1 aromatic carbocycles. The third-order valence-corrected chi connectivity index (χ3v) is 1.81. The van der Waals surface area contributed by atoms with Crippen molar-refractivity contribution in [2.75, 3.05) is 0 Å². The summed E-state index contributed by atoms with van der Waals surface area (Å²) in [6, 6.07) is 4.65. The summed E-state index contributed by atoms with van der Waals surface area (Å²) < 4.78 is 12.2. The van der Waals surface area contributed by atoms with E-state index < -0.39 is 12.6 Å². The van der Waals surface area contributed by atoms with Gasteiger partial charge in [-0.1, -0.05) is 12.1 Å². The molecular formula is C9H11FN2O. The Morgan fingerprint density at radius 2 is 2.15 bits per heavy atom. The number of carbonyl (C=O) groups is 1. The molecule has 0 heterocycles. The van der Waals surface area contributed by atoms with Crippen LogP contribution in [0.4, 0.5) is 4.39 Å². The average Bonchev–Trinajstić information content (AvgIpc) is 2.16. The molecule has 1 rings (SSSR count). The van der Waals surface area contributed by atoms with Gasteiger partial charge in [0.1, 0.15) is 6.67 Å². The van der Waals surface area contributed by atoms with Crippen LogP contribution in [0.5, 0.6) is 0 Å². The first kappa shape index (κ1) is 9.67. The van der Waals surface area contributed by atoms with Gasteiger partial charge in [0.15, 0.2) is 0 Å². The fraction of sp³-hybridized carbons (Fsp3) is 0.222. The highest BCUT2D eigenvalue weighted by Gasteiger charge is 2.07. The summed E-state index contributed by atoms with van der Waals surface area (Å²) in [7, 11) is 0. The summed E-state index contributed by atoms with van der Waals surface area (Å²) >= 11 is 0. The van der Waals surface area contributed by atoms with Gasteiger partial charge in [-0.2, -0.15) is 0 Å². The van der Waals surface area contributed by atoms with E-state index in [1.165, 1.54) is 6.07 Å². The molecule has 0 aromatic heterocycles. The number of hydrogen-bond donors (Lipinski definition) is 2. The van der Waals surface area contributed by atoms with Gasteiger partial charge in [-0.05, 0) is 17.2 Å². The number of amides is 1. The Kier molecular flexibility index (Phi) is 2.97. The molecule has 0 saturated carbocycles. The number of hydrogen-bond acceptors (Lipinski definition) is 2. The van der Waals surface area contributed by atoms with E-state index in [0.29, 0.717) is 16.7 Å². The molecule has 0 unspecified atom stereocenters. The average molecular weight is 182 g/mol. The fourth-order valence-electron chi connectivity index (χ4n) is 1.11. The van der Waals surface area contributed by atoms with Crippen LogP contribution in [0.3, 0.4) is 0 Å². The predicted octanol–water partition coefficient (Wildman–Crippen LogP) is 0.714. The monoisotopic (exact) mass is 182 g/mol. The van der Waals surface area contributed by atoms with Gasteiger partial charge < -0.3 is 11.5 Å². The molecule has 70 valence electrons. The Bertz CT molecular complexity index is 325. The normalized spacial score (nSPS) is 10.0. The van der Waals surface area contributed by atoms with Crippen molar-refractivity contribution in [2.45, 2.75) is 13.2 Å². The second kappa shape index (κ2) is 4.00. The number of primary amides is 1. The highest BCUT2D eigenvalue weighted by Crippen LogP contribution is 2.12. The first-order chi connectivity index (χ1) is 6.19. The van der Waals surface area contributed by atoms with Crippen LogP contribution in [0, 0.1) is 0 Å². The minimum atomic E-state index is -0.606. The zero-order valence-corrected chi connectivity index (χ0v) is 7.09. The minimum absolute atomic E-state index is 0.227. The van der Waals surface area contributed by atoms with E-state index in [1.54, 1.807) is 12.1 Å². The molecule has 0 aliphatic carbocycles. The lowest BCUT2D eigenvalue weighted by atomic mass is 10.0. The van der Waals surface area contributed by atoms with E-state index in [-0.39, 0.29) is 6.54 Å². The molecule has 0 spiro atoms. The highest BCUT2D eigenvalue weighted by molar-refractivity contribution is 5.94. The largest absolute Gasteiger partial charge is 0.366 e. The molecule has 0 radical (unpaired) electrons. The Morgan fingerprint density at radius 3 is 2.62 bits per heavy atom. The van der Waals surface area contributed by atoms with E-state index in [2.05, 4.69) is 0 Å². The maximum Gasteiger partial charge on any atom is 0.249 e. The number of alkyl halides is 1. The van der Waals surface area contributed by atoms with Crippen LogP contribution < -0.4 is 11.5 Å². The SMILES string of the molecule is NCc1ccc(CF)cc1C(N)=O. The van der Waals surface area contributed by atoms with Crippen LogP contribution in [-0.2, 0) is 13.2 Å². The van der Waals surface area contributed by atoms with Crippen molar-refractivity contribution < 1.29 is 9.18 Å². The summed E-state index contributed by atoms with van der Waals surface area (Å²) in [5.41, 5.74) is 11.9. The van der Waals surface area contributed by atoms with Crippen molar-refractivity contribution in [1.29, 1.82) is 0 Å². The summed E-state index contributed by atoms with van der Waals surface area (Å²) in [6.45, 7) is -0.379. The number of halogens is 1. The van der Waals surface area contributed by atoms with Crippen LogP contribution in [0.25, 0.3) is 0 Å². The van der Waals surface area contributed by atoms with Crippen LogP contribution in [0.15, 0.2) is 18.2 Å². The second-order valence-corrected chi connectivity index (χ2v) is 2.69. The highest BCUT2D eigenvalue weighted by atomic mass is 19.1.